The van der Waals surface area contributed by atoms with Crippen LogP contribution in [0.4, 0.5) is 0 Å². The van der Waals surface area contributed by atoms with Gasteiger partial charge in [0.15, 0.2) is 6.10 Å². The smallest absolute Gasteiger partial charge is 0.306 e. The molecule has 0 aromatic carbocycles. The molecular weight excluding hydrogens is 901 g/mol. The predicted octanol–water partition coefficient (Wildman–Crippen LogP) is 22.4. The van der Waals surface area contributed by atoms with E-state index in [2.05, 4.69) is 32.9 Å². The van der Waals surface area contributed by atoms with E-state index in [0.717, 1.165) is 57.8 Å². The van der Waals surface area contributed by atoms with E-state index in [9.17, 15) is 14.4 Å². The lowest BCUT2D eigenvalue weighted by molar-refractivity contribution is -0.167. The second-order valence-electron chi connectivity index (χ2n) is 22.7. The van der Waals surface area contributed by atoms with Gasteiger partial charge in [-0.15, -0.1) is 0 Å². The van der Waals surface area contributed by atoms with Gasteiger partial charge in [0.2, 0.25) is 0 Å². The van der Waals surface area contributed by atoms with Gasteiger partial charge in [0.1, 0.15) is 13.2 Å². The third-order valence-electron chi connectivity index (χ3n) is 15.3. The normalized spacial score (nSPS) is 12.0. The first-order valence-electron chi connectivity index (χ1n) is 33.2. The molecule has 0 saturated carbocycles. The van der Waals surface area contributed by atoms with Gasteiger partial charge >= 0.3 is 17.9 Å². The summed E-state index contributed by atoms with van der Waals surface area (Å²) in [6, 6.07) is 0. The van der Waals surface area contributed by atoms with Gasteiger partial charge in [-0.1, -0.05) is 328 Å². The molecule has 0 rings (SSSR count). The number of unbranched alkanes of at least 4 members (excludes halogenated alkanes) is 49. The molecule has 0 aliphatic rings. The second kappa shape index (κ2) is 62.7. The zero-order chi connectivity index (χ0) is 52.9. The molecular formula is C67H128O6. The molecule has 0 spiro atoms. The molecule has 0 amide bonds. The molecule has 0 heterocycles. The molecule has 0 aromatic rings. The minimum absolute atomic E-state index is 0.0627. The van der Waals surface area contributed by atoms with Gasteiger partial charge < -0.3 is 14.2 Å². The van der Waals surface area contributed by atoms with Crippen molar-refractivity contribution in [2.75, 3.05) is 13.2 Å². The molecule has 0 N–H and O–H groups in total. The van der Waals surface area contributed by atoms with Gasteiger partial charge in [-0.2, -0.15) is 0 Å². The van der Waals surface area contributed by atoms with E-state index >= 15 is 0 Å². The van der Waals surface area contributed by atoms with Crippen LogP contribution in [0.5, 0.6) is 0 Å². The molecule has 432 valence electrons. The summed E-state index contributed by atoms with van der Waals surface area (Å²) in [6.45, 7) is 6.68. The number of hydrogen-bond donors (Lipinski definition) is 0. The fourth-order valence-electron chi connectivity index (χ4n) is 10.3. The Labute approximate surface area is 456 Å². The van der Waals surface area contributed by atoms with Crippen LogP contribution in [0.1, 0.15) is 380 Å². The maximum Gasteiger partial charge on any atom is 0.306 e. The zero-order valence-corrected chi connectivity index (χ0v) is 49.7. The van der Waals surface area contributed by atoms with Crippen molar-refractivity contribution < 1.29 is 28.6 Å². The Morgan fingerprint density at radius 3 is 0.685 bits per heavy atom. The average Bonchev–Trinajstić information content (AvgIpc) is 3.39. The number of hydrogen-bond acceptors (Lipinski definition) is 6. The highest BCUT2D eigenvalue weighted by atomic mass is 16.6. The third-order valence-corrected chi connectivity index (χ3v) is 15.3. The number of ether oxygens (including phenoxy) is 3. The number of esters is 3. The Hall–Kier alpha value is -1.85. The van der Waals surface area contributed by atoms with E-state index in [0.29, 0.717) is 19.3 Å². The van der Waals surface area contributed by atoms with Gasteiger partial charge in [0, 0.05) is 19.3 Å². The quantitative estimate of drug-likeness (QED) is 0.0261. The van der Waals surface area contributed by atoms with Crippen LogP contribution in [0.3, 0.4) is 0 Å². The molecule has 0 fully saturated rings. The number of carbonyl (C=O) groups excluding carboxylic acids is 3. The Balaban J connectivity index is 3.95. The Morgan fingerprint density at radius 1 is 0.260 bits per heavy atom. The van der Waals surface area contributed by atoms with E-state index in [1.54, 1.807) is 0 Å². The summed E-state index contributed by atoms with van der Waals surface area (Å²) in [5.41, 5.74) is 0. The highest BCUT2D eigenvalue weighted by molar-refractivity contribution is 5.71. The van der Waals surface area contributed by atoms with Crippen molar-refractivity contribution in [2.24, 2.45) is 0 Å². The van der Waals surface area contributed by atoms with E-state index < -0.39 is 6.10 Å². The number of allylic oxidation sites excluding steroid dienone is 2. The summed E-state index contributed by atoms with van der Waals surface area (Å²) in [6.07, 6.45) is 74.1. The fourth-order valence-corrected chi connectivity index (χ4v) is 10.3. The average molecular weight is 1030 g/mol. The van der Waals surface area contributed by atoms with Crippen LogP contribution in [0.15, 0.2) is 12.2 Å². The van der Waals surface area contributed by atoms with Gasteiger partial charge in [0.25, 0.3) is 0 Å². The van der Waals surface area contributed by atoms with Gasteiger partial charge in [-0.25, -0.2) is 0 Å². The van der Waals surface area contributed by atoms with Crippen molar-refractivity contribution in [2.45, 2.75) is 386 Å². The molecule has 0 aliphatic carbocycles. The molecule has 0 bridgehead atoms. The molecule has 1 unspecified atom stereocenters. The topological polar surface area (TPSA) is 78.9 Å². The van der Waals surface area contributed by atoms with Crippen LogP contribution >= 0.6 is 0 Å². The first-order valence-corrected chi connectivity index (χ1v) is 33.2. The molecule has 6 nitrogen and oxygen atoms in total. The van der Waals surface area contributed by atoms with Crippen LogP contribution in [-0.4, -0.2) is 37.2 Å². The summed E-state index contributed by atoms with van der Waals surface area (Å²) < 4.78 is 16.9. The molecule has 0 radical (unpaired) electrons. The fraction of sp³-hybridized carbons (Fsp3) is 0.925. The van der Waals surface area contributed by atoms with Crippen LogP contribution in [0.25, 0.3) is 0 Å². The first kappa shape index (κ1) is 71.2. The summed E-state index contributed by atoms with van der Waals surface area (Å²) >= 11 is 0. The SMILES string of the molecule is CCCCCCCCCC/C=C\CCCCCCCCCCCCCCCCCCCCCCCC(=O)OCC(COC(=O)CCCCCCCCCCC)OC(=O)CCCCCCCCCCCCCCC. The minimum Gasteiger partial charge on any atom is -0.462 e. The molecule has 1 atom stereocenters. The van der Waals surface area contributed by atoms with Crippen LogP contribution in [-0.2, 0) is 28.6 Å². The second-order valence-corrected chi connectivity index (χ2v) is 22.7. The first-order chi connectivity index (χ1) is 36.0. The van der Waals surface area contributed by atoms with Crippen molar-refractivity contribution >= 4 is 17.9 Å². The standard InChI is InChI=1S/C67H128O6/c1-4-7-10-13-16-19-21-23-24-25-26-27-28-29-30-31-32-33-34-35-36-37-38-39-40-41-42-44-45-48-51-54-57-60-66(69)72-63-64(62-71-65(68)59-56-53-50-47-18-15-12-9-6-3)73-67(70)61-58-55-52-49-46-43-22-20-17-14-11-8-5-2/h25-26,64H,4-24,27-63H2,1-3H3/b26-25-. The third kappa shape index (κ3) is 60.9. The molecule has 0 aliphatic heterocycles. The molecule has 73 heavy (non-hydrogen) atoms. The maximum atomic E-state index is 12.8. The van der Waals surface area contributed by atoms with Crippen molar-refractivity contribution in [3.63, 3.8) is 0 Å². The van der Waals surface area contributed by atoms with E-state index in [-0.39, 0.29) is 31.1 Å². The van der Waals surface area contributed by atoms with Gasteiger partial charge in [0.05, 0.1) is 0 Å². The zero-order valence-electron chi connectivity index (χ0n) is 49.7. The van der Waals surface area contributed by atoms with Crippen LogP contribution < -0.4 is 0 Å². The van der Waals surface area contributed by atoms with Gasteiger partial charge in [-0.3, -0.25) is 14.4 Å². The maximum absolute atomic E-state index is 12.8. The van der Waals surface area contributed by atoms with Crippen molar-refractivity contribution in [3.05, 3.63) is 12.2 Å². The summed E-state index contributed by atoms with van der Waals surface area (Å²) in [7, 11) is 0. The summed E-state index contributed by atoms with van der Waals surface area (Å²) in [4.78, 5) is 38.1. The highest BCUT2D eigenvalue weighted by Crippen LogP contribution is 2.18. The lowest BCUT2D eigenvalue weighted by Crippen LogP contribution is -2.30. The number of rotatable bonds is 62. The van der Waals surface area contributed by atoms with E-state index in [1.807, 2.05) is 0 Å². The Morgan fingerprint density at radius 2 is 0.452 bits per heavy atom. The monoisotopic (exact) mass is 1030 g/mol. The Bertz CT molecular complexity index is 1130. The van der Waals surface area contributed by atoms with Gasteiger partial charge in [-0.05, 0) is 44.9 Å². The van der Waals surface area contributed by atoms with E-state index in [1.165, 1.54) is 283 Å². The summed E-state index contributed by atoms with van der Waals surface area (Å²) in [5, 5.41) is 0. The summed E-state index contributed by atoms with van der Waals surface area (Å²) in [5.74, 6) is -0.839. The highest BCUT2D eigenvalue weighted by Gasteiger charge is 2.19. The minimum atomic E-state index is -0.762. The lowest BCUT2D eigenvalue weighted by Gasteiger charge is -2.18. The van der Waals surface area contributed by atoms with Crippen molar-refractivity contribution in [3.8, 4) is 0 Å². The van der Waals surface area contributed by atoms with Crippen LogP contribution in [0, 0.1) is 0 Å². The molecule has 0 saturated heterocycles. The molecule has 6 heteroatoms. The lowest BCUT2D eigenvalue weighted by atomic mass is 10.0. The van der Waals surface area contributed by atoms with Crippen molar-refractivity contribution in [1.29, 1.82) is 0 Å². The van der Waals surface area contributed by atoms with E-state index in [4.69, 9.17) is 14.2 Å². The van der Waals surface area contributed by atoms with Crippen molar-refractivity contribution in [1.82, 2.24) is 0 Å². The number of carbonyl (C=O) groups is 3. The van der Waals surface area contributed by atoms with Crippen LogP contribution in [0.2, 0.25) is 0 Å². The molecule has 0 aromatic heterocycles. The Kier molecular flexibility index (Phi) is 61.1. The largest absolute Gasteiger partial charge is 0.462 e. The predicted molar refractivity (Wildman–Crippen MR) is 317 cm³/mol.